The fourth-order valence-electron chi connectivity index (χ4n) is 2.87. The zero-order valence-corrected chi connectivity index (χ0v) is 12.4. The molecule has 2 atom stereocenters. The highest BCUT2D eigenvalue weighted by Gasteiger charge is 2.24. The first-order chi connectivity index (χ1) is 10.2. The predicted molar refractivity (Wildman–Crippen MR) is 80.6 cm³/mol. The van der Waals surface area contributed by atoms with Gasteiger partial charge < -0.3 is 10.3 Å². The number of rotatable bonds is 4. The third-order valence-corrected chi connectivity index (χ3v) is 4.11. The van der Waals surface area contributed by atoms with Crippen molar-refractivity contribution >= 4 is 0 Å². The van der Waals surface area contributed by atoms with Crippen LogP contribution in [0.2, 0.25) is 0 Å². The van der Waals surface area contributed by atoms with Crippen molar-refractivity contribution in [3.8, 4) is 0 Å². The summed E-state index contributed by atoms with van der Waals surface area (Å²) in [5.41, 5.74) is 7.19. The van der Waals surface area contributed by atoms with Gasteiger partial charge in [0.2, 0.25) is 5.89 Å². The van der Waals surface area contributed by atoms with Crippen LogP contribution >= 0.6 is 0 Å². The molecule has 1 fully saturated rings. The smallest absolute Gasteiger partial charge is 0.240 e. The Labute approximate surface area is 125 Å². The average Bonchev–Trinajstić information content (AvgIpc) is 2.90. The third kappa shape index (κ3) is 3.68. The second kappa shape index (κ2) is 6.37. The molecule has 5 nitrogen and oxygen atoms in total. The molecule has 5 heteroatoms. The van der Waals surface area contributed by atoms with Gasteiger partial charge in [-0.15, -0.1) is 0 Å². The number of benzene rings is 1. The van der Waals surface area contributed by atoms with E-state index in [1.807, 2.05) is 18.2 Å². The zero-order chi connectivity index (χ0) is 14.7. The second-order valence-electron chi connectivity index (χ2n) is 5.87. The number of hydrogen-bond donors (Lipinski definition) is 1. The fraction of sp³-hybridized carbons (Fsp3) is 0.500. The van der Waals surface area contributed by atoms with Crippen LogP contribution in [-0.2, 0) is 13.0 Å². The van der Waals surface area contributed by atoms with Crippen molar-refractivity contribution in [1.29, 1.82) is 0 Å². The van der Waals surface area contributed by atoms with Gasteiger partial charge >= 0.3 is 0 Å². The molecule has 1 aromatic carbocycles. The maximum atomic E-state index is 5.99. The van der Waals surface area contributed by atoms with Gasteiger partial charge in [-0.2, -0.15) is 4.98 Å². The summed E-state index contributed by atoms with van der Waals surface area (Å²) in [4.78, 5) is 6.87. The summed E-state index contributed by atoms with van der Waals surface area (Å²) in [5, 5.41) is 4.08. The first kappa shape index (κ1) is 14.2. The molecular formula is C16H22N4O. The minimum absolute atomic E-state index is 0.326. The molecule has 3 rings (SSSR count). The van der Waals surface area contributed by atoms with Crippen LogP contribution in [0.25, 0.3) is 0 Å². The molecule has 0 bridgehead atoms. The molecule has 0 radical (unpaired) electrons. The van der Waals surface area contributed by atoms with Gasteiger partial charge in [0.05, 0.1) is 6.54 Å². The maximum absolute atomic E-state index is 5.99. The van der Waals surface area contributed by atoms with Crippen LogP contribution in [-0.4, -0.2) is 33.7 Å². The van der Waals surface area contributed by atoms with Gasteiger partial charge in [0.1, 0.15) is 0 Å². The summed E-state index contributed by atoms with van der Waals surface area (Å²) in [7, 11) is 0. The summed E-state index contributed by atoms with van der Waals surface area (Å²) >= 11 is 0. The maximum Gasteiger partial charge on any atom is 0.240 e. The normalized spacial score (nSPS) is 23.3. The summed E-state index contributed by atoms with van der Waals surface area (Å²) in [6, 6.07) is 11.0. The van der Waals surface area contributed by atoms with Crippen LogP contribution in [0.3, 0.4) is 0 Å². The van der Waals surface area contributed by atoms with Crippen LogP contribution < -0.4 is 5.73 Å². The van der Waals surface area contributed by atoms with E-state index < -0.39 is 0 Å². The summed E-state index contributed by atoms with van der Waals surface area (Å²) in [6.07, 6.45) is 2.78. The lowest BCUT2D eigenvalue weighted by molar-refractivity contribution is 0.124. The van der Waals surface area contributed by atoms with Crippen molar-refractivity contribution in [3.63, 3.8) is 0 Å². The first-order valence-electron chi connectivity index (χ1n) is 7.55. The SMILES string of the molecule is CC1CC(N)CCN1Cc1nc(Cc2ccccc2)no1. The van der Waals surface area contributed by atoms with E-state index in [-0.39, 0.29) is 0 Å². The Morgan fingerprint density at radius 3 is 2.90 bits per heavy atom. The summed E-state index contributed by atoms with van der Waals surface area (Å²) in [5.74, 6) is 1.45. The molecular weight excluding hydrogens is 264 g/mol. The number of aromatic nitrogens is 2. The molecule has 0 aliphatic carbocycles. The van der Waals surface area contributed by atoms with E-state index in [4.69, 9.17) is 10.3 Å². The van der Waals surface area contributed by atoms with E-state index in [0.717, 1.165) is 31.8 Å². The van der Waals surface area contributed by atoms with Gasteiger partial charge in [0.15, 0.2) is 5.82 Å². The highest BCUT2D eigenvalue weighted by Crippen LogP contribution is 2.18. The molecule has 1 aliphatic heterocycles. The standard InChI is InChI=1S/C16H22N4O/c1-12-9-14(17)7-8-20(12)11-16-18-15(19-21-16)10-13-5-3-2-4-6-13/h2-6,12,14H,7-11,17H2,1H3. The van der Waals surface area contributed by atoms with Gasteiger partial charge in [-0.1, -0.05) is 35.5 Å². The molecule has 0 spiro atoms. The summed E-state index contributed by atoms with van der Waals surface area (Å²) in [6.45, 7) is 3.93. The van der Waals surface area contributed by atoms with Crippen molar-refractivity contribution in [3.05, 3.63) is 47.6 Å². The summed E-state index contributed by atoms with van der Waals surface area (Å²) < 4.78 is 5.38. The monoisotopic (exact) mass is 286 g/mol. The van der Waals surface area contributed by atoms with E-state index in [2.05, 4.69) is 34.1 Å². The van der Waals surface area contributed by atoms with Gasteiger partial charge in [0, 0.05) is 25.0 Å². The van der Waals surface area contributed by atoms with Crippen LogP contribution in [0.1, 0.15) is 37.0 Å². The Kier molecular flexibility index (Phi) is 4.31. The average molecular weight is 286 g/mol. The second-order valence-corrected chi connectivity index (χ2v) is 5.87. The minimum Gasteiger partial charge on any atom is -0.338 e. The van der Waals surface area contributed by atoms with E-state index in [9.17, 15) is 0 Å². The third-order valence-electron chi connectivity index (χ3n) is 4.11. The van der Waals surface area contributed by atoms with Crippen LogP contribution in [0.5, 0.6) is 0 Å². The van der Waals surface area contributed by atoms with Crippen molar-refractivity contribution in [1.82, 2.24) is 15.0 Å². The Morgan fingerprint density at radius 2 is 2.14 bits per heavy atom. The Balaban J connectivity index is 1.60. The van der Waals surface area contributed by atoms with E-state index >= 15 is 0 Å². The number of likely N-dealkylation sites (tertiary alicyclic amines) is 1. The van der Waals surface area contributed by atoms with E-state index in [1.54, 1.807) is 0 Å². The molecule has 0 amide bonds. The van der Waals surface area contributed by atoms with E-state index in [0.29, 0.717) is 24.4 Å². The molecule has 21 heavy (non-hydrogen) atoms. The Morgan fingerprint density at radius 1 is 1.33 bits per heavy atom. The van der Waals surface area contributed by atoms with Gasteiger partial charge in [0.25, 0.3) is 0 Å². The van der Waals surface area contributed by atoms with Crippen LogP contribution in [0, 0.1) is 0 Å². The van der Waals surface area contributed by atoms with Gasteiger partial charge in [-0.3, -0.25) is 4.90 Å². The van der Waals surface area contributed by atoms with Crippen LogP contribution in [0.4, 0.5) is 0 Å². The molecule has 0 saturated carbocycles. The largest absolute Gasteiger partial charge is 0.338 e. The highest BCUT2D eigenvalue weighted by atomic mass is 16.5. The number of nitrogens with two attached hydrogens (primary N) is 1. The number of nitrogens with zero attached hydrogens (tertiary/aromatic N) is 3. The van der Waals surface area contributed by atoms with Crippen molar-refractivity contribution in [2.75, 3.05) is 6.54 Å². The zero-order valence-electron chi connectivity index (χ0n) is 12.4. The quantitative estimate of drug-likeness (QED) is 0.930. The Hall–Kier alpha value is -1.72. The van der Waals surface area contributed by atoms with Crippen molar-refractivity contribution in [2.45, 2.75) is 44.8 Å². The molecule has 1 saturated heterocycles. The predicted octanol–water partition coefficient (Wildman–Crippen LogP) is 1.97. The van der Waals surface area contributed by atoms with Gasteiger partial charge in [-0.05, 0) is 25.3 Å². The molecule has 2 unspecified atom stereocenters. The minimum atomic E-state index is 0.326. The molecule has 1 aliphatic rings. The lowest BCUT2D eigenvalue weighted by Gasteiger charge is -2.35. The first-order valence-corrected chi connectivity index (χ1v) is 7.55. The molecule has 1 aromatic heterocycles. The highest BCUT2D eigenvalue weighted by molar-refractivity contribution is 5.18. The van der Waals surface area contributed by atoms with Gasteiger partial charge in [-0.25, -0.2) is 0 Å². The molecule has 2 heterocycles. The molecule has 2 aromatic rings. The molecule has 2 N–H and O–H groups in total. The van der Waals surface area contributed by atoms with E-state index in [1.165, 1.54) is 5.56 Å². The topological polar surface area (TPSA) is 68.2 Å². The number of hydrogen-bond acceptors (Lipinski definition) is 5. The van der Waals surface area contributed by atoms with Crippen molar-refractivity contribution < 1.29 is 4.52 Å². The number of piperidine rings is 1. The Bertz CT molecular complexity index is 569. The van der Waals surface area contributed by atoms with Crippen LogP contribution in [0.15, 0.2) is 34.9 Å². The lowest BCUT2D eigenvalue weighted by atomic mass is 9.99. The van der Waals surface area contributed by atoms with Crippen molar-refractivity contribution in [2.24, 2.45) is 5.73 Å². The lowest BCUT2D eigenvalue weighted by Crippen LogP contribution is -2.45. The molecule has 112 valence electrons. The fourth-order valence-corrected chi connectivity index (χ4v) is 2.87.